The van der Waals surface area contributed by atoms with Crippen molar-refractivity contribution in [3.8, 4) is 0 Å². The molecule has 3 N–H and O–H groups in total. The first-order valence-corrected chi connectivity index (χ1v) is 7.27. The fourth-order valence-electron chi connectivity index (χ4n) is 2.35. The van der Waals surface area contributed by atoms with Crippen molar-refractivity contribution < 1.29 is 4.79 Å². The predicted molar refractivity (Wildman–Crippen MR) is 78.0 cm³/mol. The largest absolute Gasteiger partial charge is 0.299 e. The van der Waals surface area contributed by atoms with Crippen LogP contribution in [-0.2, 0) is 6.54 Å². The van der Waals surface area contributed by atoms with E-state index in [0.29, 0.717) is 4.88 Å². The van der Waals surface area contributed by atoms with E-state index >= 15 is 0 Å². The lowest BCUT2D eigenvalue weighted by Gasteiger charge is -2.45. The number of nitrogens with one attached hydrogen (secondary N) is 1. The molecule has 0 saturated carbocycles. The van der Waals surface area contributed by atoms with E-state index in [-0.39, 0.29) is 11.4 Å². The summed E-state index contributed by atoms with van der Waals surface area (Å²) in [5, 5.41) is 0. The molecule has 5 nitrogen and oxygen atoms in total. The number of hydrazine groups is 1. The molecule has 2 rings (SSSR count). The number of hydrogen-bond acceptors (Lipinski definition) is 5. The van der Waals surface area contributed by atoms with Crippen LogP contribution in [0.25, 0.3) is 0 Å². The lowest BCUT2D eigenvalue weighted by atomic mass is 10.00. The third kappa shape index (κ3) is 3.33. The van der Waals surface area contributed by atoms with Crippen LogP contribution in [0.3, 0.4) is 0 Å². The summed E-state index contributed by atoms with van der Waals surface area (Å²) in [7, 11) is 2.17. The molecule has 1 aliphatic heterocycles. The van der Waals surface area contributed by atoms with E-state index in [9.17, 15) is 4.79 Å². The number of carbonyl (C=O) groups excluding carboxylic acids is 1. The fraction of sp³-hybridized carbons (Fsp3) is 0.615. The van der Waals surface area contributed by atoms with Gasteiger partial charge in [0.25, 0.3) is 5.91 Å². The molecule has 0 spiro atoms. The molecule has 1 fully saturated rings. The second-order valence-electron chi connectivity index (χ2n) is 5.68. The molecule has 1 saturated heterocycles. The molecule has 1 aliphatic rings. The maximum absolute atomic E-state index is 11.4. The predicted octanol–water partition coefficient (Wildman–Crippen LogP) is 0.878. The van der Waals surface area contributed by atoms with Gasteiger partial charge in [0.2, 0.25) is 0 Å². The lowest BCUT2D eigenvalue weighted by Crippen LogP contribution is -2.57. The molecular weight excluding hydrogens is 260 g/mol. The zero-order valence-corrected chi connectivity index (χ0v) is 12.6. The highest BCUT2D eigenvalue weighted by atomic mass is 32.1. The monoisotopic (exact) mass is 282 g/mol. The molecule has 0 atom stereocenters. The number of amides is 1. The van der Waals surface area contributed by atoms with Gasteiger partial charge in [-0.05, 0) is 33.0 Å². The maximum Gasteiger partial charge on any atom is 0.275 e. The molecule has 106 valence electrons. The Labute approximate surface area is 118 Å². The van der Waals surface area contributed by atoms with Gasteiger partial charge in [-0.1, -0.05) is 0 Å². The number of likely N-dealkylation sites (N-methyl/N-ethyl adjacent to an activating group) is 1. The Balaban J connectivity index is 1.98. The molecule has 1 aromatic heterocycles. The minimum absolute atomic E-state index is 0.201. The van der Waals surface area contributed by atoms with Gasteiger partial charge in [-0.2, -0.15) is 0 Å². The first-order chi connectivity index (χ1) is 8.92. The van der Waals surface area contributed by atoms with Gasteiger partial charge in [-0.3, -0.25) is 20.0 Å². The lowest BCUT2D eigenvalue weighted by molar-refractivity contribution is 0.0365. The number of carbonyl (C=O) groups is 1. The van der Waals surface area contributed by atoms with Crippen LogP contribution in [0.4, 0.5) is 0 Å². The summed E-state index contributed by atoms with van der Waals surface area (Å²) in [5.41, 5.74) is 2.37. The van der Waals surface area contributed by atoms with E-state index < -0.39 is 0 Å². The van der Waals surface area contributed by atoms with E-state index in [0.717, 1.165) is 26.2 Å². The first-order valence-electron chi connectivity index (χ1n) is 6.45. The summed E-state index contributed by atoms with van der Waals surface area (Å²) < 4.78 is 0. The summed E-state index contributed by atoms with van der Waals surface area (Å²) in [5.74, 6) is 4.93. The van der Waals surface area contributed by atoms with Crippen LogP contribution >= 0.6 is 11.3 Å². The third-order valence-electron chi connectivity index (χ3n) is 3.79. The van der Waals surface area contributed by atoms with Crippen LogP contribution < -0.4 is 11.3 Å². The van der Waals surface area contributed by atoms with Crippen molar-refractivity contribution in [2.75, 3.05) is 26.7 Å². The van der Waals surface area contributed by atoms with E-state index in [1.54, 1.807) is 0 Å². The summed E-state index contributed by atoms with van der Waals surface area (Å²) in [4.78, 5) is 18.1. The van der Waals surface area contributed by atoms with E-state index in [2.05, 4.69) is 36.1 Å². The Morgan fingerprint density at radius 2 is 2.21 bits per heavy atom. The van der Waals surface area contributed by atoms with Gasteiger partial charge in [-0.25, -0.2) is 5.84 Å². The SMILES string of the molecule is CN1CCN(Cc2ccc(C(=O)NN)s2)CC1(C)C. The van der Waals surface area contributed by atoms with E-state index in [1.165, 1.54) is 16.2 Å². The van der Waals surface area contributed by atoms with Crippen LogP contribution in [0.5, 0.6) is 0 Å². The zero-order chi connectivity index (χ0) is 14.0. The molecule has 6 heteroatoms. The standard InChI is InChI=1S/C13H22N4OS/c1-13(2)9-17(7-6-16(13)3)8-10-4-5-11(19-10)12(18)15-14/h4-5H,6-9,14H2,1-3H3,(H,15,18). The van der Waals surface area contributed by atoms with E-state index in [4.69, 9.17) is 5.84 Å². The van der Waals surface area contributed by atoms with Gasteiger partial charge in [0.15, 0.2) is 0 Å². The van der Waals surface area contributed by atoms with Gasteiger partial charge in [-0.15, -0.1) is 11.3 Å². The average Bonchev–Trinajstić information content (AvgIpc) is 2.81. The van der Waals surface area contributed by atoms with Gasteiger partial charge >= 0.3 is 0 Å². The molecule has 0 radical (unpaired) electrons. The summed E-state index contributed by atoms with van der Waals surface area (Å²) in [6.07, 6.45) is 0. The summed E-state index contributed by atoms with van der Waals surface area (Å²) in [6, 6.07) is 3.85. The molecule has 1 amide bonds. The van der Waals surface area contributed by atoms with Gasteiger partial charge in [0, 0.05) is 36.6 Å². The zero-order valence-electron chi connectivity index (χ0n) is 11.8. The van der Waals surface area contributed by atoms with Crippen molar-refractivity contribution in [1.29, 1.82) is 0 Å². The first kappa shape index (κ1) is 14.5. The smallest absolute Gasteiger partial charge is 0.275 e. The second-order valence-corrected chi connectivity index (χ2v) is 6.85. The molecule has 19 heavy (non-hydrogen) atoms. The number of rotatable bonds is 3. The molecule has 0 bridgehead atoms. The molecule has 1 aromatic rings. The Morgan fingerprint density at radius 3 is 2.84 bits per heavy atom. The molecule has 0 aromatic carbocycles. The molecular formula is C13H22N4OS. The Bertz CT molecular complexity index is 457. The number of piperazine rings is 1. The Kier molecular flexibility index (Phi) is 4.25. The molecule has 0 unspecified atom stereocenters. The Hall–Kier alpha value is -0.950. The van der Waals surface area contributed by atoms with Crippen LogP contribution in [0, 0.1) is 0 Å². The van der Waals surface area contributed by atoms with Gasteiger partial charge < -0.3 is 0 Å². The van der Waals surface area contributed by atoms with Crippen LogP contribution in [0.2, 0.25) is 0 Å². The number of nitrogens with zero attached hydrogens (tertiary/aromatic N) is 2. The molecule has 0 aliphatic carbocycles. The van der Waals surface area contributed by atoms with Gasteiger partial charge in [0.1, 0.15) is 0 Å². The third-order valence-corrected chi connectivity index (χ3v) is 4.86. The quantitative estimate of drug-likeness (QED) is 0.491. The number of nitrogens with two attached hydrogens (primary N) is 1. The van der Waals surface area contributed by atoms with Crippen LogP contribution in [-0.4, -0.2) is 47.9 Å². The number of thiophene rings is 1. The topological polar surface area (TPSA) is 61.6 Å². The Morgan fingerprint density at radius 1 is 1.47 bits per heavy atom. The number of nitrogen functional groups attached to an aromatic ring is 1. The van der Waals surface area contributed by atoms with Crippen molar-refractivity contribution in [2.24, 2.45) is 5.84 Å². The van der Waals surface area contributed by atoms with Crippen LogP contribution in [0.15, 0.2) is 12.1 Å². The molecule has 2 heterocycles. The van der Waals surface area contributed by atoms with Crippen molar-refractivity contribution in [1.82, 2.24) is 15.2 Å². The summed E-state index contributed by atoms with van der Waals surface area (Å²) >= 11 is 1.51. The summed E-state index contributed by atoms with van der Waals surface area (Å²) in [6.45, 7) is 8.62. The highest BCUT2D eigenvalue weighted by Crippen LogP contribution is 2.23. The normalized spacial score (nSPS) is 20.4. The average molecular weight is 282 g/mol. The highest BCUT2D eigenvalue weighted by molar-refractivity contribution is 7.14. The van der Waals surface area contributed by atoms with Crippen molar-refractivity contribution in [3.05, 3.63) is 21.9 Å². The van der Waals surface area contributed by atoms with Crippen molar-refractivity contribution in [3.63, 3.8) is 0 Å². The second kappa shape index (κ2) is 5.58. The number of hydrogen-bond donors (Lipinski definition) is 2. The van der Waals surface area contributed by atoms with Crippen molar-refractivity contribution >= 4 is 17.2 Å². The minimum Gasteiger partial charge on any atom is -0.299 e. The van der Waals surface area contributed by atoms with Crippen molar-refractivity contribution in [2.45, 2.75) is 25.9 Å². The maximum atomic E-state index is 11.4. The fourth-order valence-corrected chi connectivity index (χ4v) is 3.31. The van der Waals surface area contributed by atoms with Gasteiger partial charge in [0.05, 0.1) is 4.88 Å². The van der Waals surface area contributed by atoms with E-state index in [1.807, 2.05) is 12.1 Å². The van der Waals surface area contributed by atoms with Crippen LogP contribution in [0.1, 0.15) is 28.4 Å². The highest BCUT2D eigenvalue weighted by Gasteiger charge is 2.30. The minimum atomic E-state index is -0.213.